The van der Waals surface area contributed by atoms with E-state index >= 15 is 0 Å². The van der Waals surface area contributed by atoms with E-state index < -0.39 is 10.0 Å². The molecule has 0 aliphatic carbocycles. The summed E-state index contributed by atoms with van der Waals surface area (Å²) in [7, 11) is -3.69. The van der Waals surface area contributed by atoms with Gasteiger partial charge in [-0.3, -0.25) is 4.90 Å². The molecule has 0 amide bonds. The minimum Gasteiger partial charge on any atom is -0.290 e. The first-order chi connectivity index (χ1) is 14.9. The van der Waals surface area contributed by atoms with Crippen molar-refractivity contribution < 1.29 is 8.42 Å². The molecule has 0 atom stereocenters. The van der Waals surface area contributed by atoms with Crippen LogP contribution in [0.5, 0.6) is 0 Å². The van der Waals surface area contributed by atoms with Gasteiger partial charge in [-0.15, -0.1) is 0 Å². The summed E-state index contributed by atoms with van der Waals surface area (Å²) >= 11 is 12.4. The van der Waals surface area contributed by atoms with Gasteiger partial charge in [0.2, 0.25) is 10.0 Å². The molecule has 0 radical (unpaired) electrons. The largest absolute Gasteiger partial charge is 0.290 e. The number of hydrogen-bond acceptors (Lipinski definition) is 3. The molecule has 31 heavy (non-hydrogen) atoms. The van der Waals surface area contributed by atoms with Crippen LogP contribution in [0.3, 0.4) is 0 Å². The average Bonchev–Trinajstić information content (AvgIpc) is 2.79. The van der Waals surface area contributed by atoms with E-state index in [1.165, 1.54) is 21.5 Å². The highest BCUT2D eigenvalue weighted by atomic mass is 35.5. The molecule has 1 fully saturated rings. The molecule has 0 bridgehead atoms. The molecular weight excluding hydrogens is 451 g/mol. The fourth-order valence-electron chi connectivity index (χ4n) is 4.06. The summed E-state index contributed by atoms with van der Waals surface area (Å²) in [5.41, 5.74) is 2.97. The van der Waals surface area contributed by atoms with Crippen molar-refractivity contribution in [3.63, 3.8) is 0 Å². The summed E-state index contributed by atoms with van der Waals surface area (Å²) in [4.78, 5) is 2.46. The van der Waals surface area contributed by atoms with Crippen molar-refractivity contribution in [2.24, 2.45) is 0 Å². The molecule has 0 saturated carbocycles. The predicted octanol–water partition coefficient (Wildman–Crippen LogP) is 5.40. The molecular formula is C24H24Cl2N2O2S. The Balaban J connectivity index is 1.58. The number of sulfonamides is 1. The number of benzene rings is 3. The Labute approximate surface area is 194 Å². The Hall–Kier alpha value is -1.89. The van der Waals surface area contributed by atoms with Gasteiger partial charge in [-0.25, -0.2) is 8.42 Å². The Morgan fingerprint density at radius 1 is 0.774 bits per heavy atom. The van der Waals surface area contributed by atoms with Crippen LogP contribution in [0.1, 0.15) is 22.7 Å². The van der Waals surface area contributed by atoms with Crippen molar-refractivity contribution in [3.8, 4) is 0 Å². The van der Waals surface area contributed by atoms with Crippen LogP contribution >= 0.6 is 23.2 Å². The first kappa shape index (κ1) is 22.3. The lowest BCUT2D eigenvalue weighted by atomic mass is 9.96. The van der Waals surface area contributed by atoms with Gasteiger partial charge >= 0.3 is 0 Å². The van der Waals surface area contributed by atoms with E-state index in [1.807, 2.05) is 36.4 Å². The highest BCUT2D eigenvalue weighted by molar-refractivity contribution is 7.89. The molecule has 162 valence electrons. The highest BCUT2D eigenvalue weighted by Gasteiger charge is 2.33. The van der Waals surface area contributed by atoms with Gasteiger partial charge in [0.05, 0.1) is 11.1 Å². The second-order valence-electron chi connectivity index (χ2n) is 7.65. The fourth-order valence-corrected chi connectivity index (χ4v) is 6.27. The van der Waals surface area contributed by atoms with Crippen molar-refractivity contribution in [3.05, 3.63) is 99.5 Å². The van der Waals surface area contributed by atoms with Gasteiger partial charge in [0.1, 0.15) is 4.90 Å². The monoisotopic (exact) mass is 474 g/mol. The van der Waals surface area contributed by atoms with Crippen LogP contribution < -0.4 is 0 Å². The minimum absolute atomic E-state index is 0.0774. The Morgan fingerprint density at radius 3 is 1.81 bits per heavy atom. The first-order valence-electron chi connectivity index (χ1n) is 10.2. The zero-order valence-electron chi connectivity index (χ0n) is 17.2. The molecule has 3 aromatic carbocycles. The maximum Gasteiger partial charge on any atom is 0.244 e. The normalized spacial score (nSPS) is 16.0. The number of hydrogen-bond donors (Lipinski definition) is 0. The van der Waals surface area contributed by atoms with Crippen molar-refractivity contribution in [1.82, 2.24) is 9.21 Å². The summed E-state index contributed by atoms with van der Waals surface area (Å²) in [5, 5.41) is 0.656. The molecule has 4 nitrogen and oxygen atoms in total. The standard InChI is InChI=1S/C24H24Cl2N2O2S/c1-18-21(25)12-13-22(23(18)26)31(29,30)28-16-14-27(15-17-28)24(19-8-4-2-5-9-19)20-10-6-3-7-11-20/h2-13,24H,14-17H2,1H3. The SMILES string of the molecule is Cc1c(Cl)ccc(S(=O)(=O)N2CCN(C(c3ccccc3)c3ccccc3)CC2)c1Cl. The summed E-state index contributed by atoms with van der Waals surface area (Å²) in [6.07, 6.45) is 0. The van der Waals surface area contributed by atoms with Crippen molar-refractivity contribution >= 4 is 33.2 Å². The van der Waals surface area contributed by atoms with Crippen LogP contribution in [0.15, 0.2) is 77.7 Å². The molecule has 7 heteroatoms. The number of halogens is 2. The van der Waals surface area contributed by atoms with Crippen molar-refractivity contribution in [2.45, 2.75) is 17.9 Å². The van der Waals surface area contributed by atoms with Gasteiger partial charge in [-0.1, -0.05) is 83.9 Å². The van der Waals surface area contributed by atoms with Crippen molar-refractivity contribution in [2.75, 3.05) is 26.2 Å². The predicted molar refractivity (Wildman–Crippen MR) is 126 cm³/mol. The number of rotatable bonds is 5. The summed E-state index contributed by atoms with van der Waals surface area (Å²) in [6.45, 7) is 3.77. The fraction of sp³-hybridized carbons (Fsp3) is 0.250. The molecule has 1 aliphatic rings. The average molecular weight is 475 g/mol. The molecule has 0 N–H and O–H groups in total. The molecule has 0 spiro atoms. The molecule has 0 unspecified atom stereocenters. The maximum atomic E-state index is 13.3. The second kappa shape index (κ2) is 9.31. The van der Waals surface area contributed by atoms with Crippen LogP contribution in [0.4, 0.5) is 0 Å². The summed E-state index contributed by atoms with van der Waals surface area (Å²) < 4.78 is 28.1. The van der Waals surface area contributed by atoms with Crippen LogP contribution in [-0.2, 0) is 10.0 Å². The third kappa shape index (κ3) is 4.52. The van der Waals surface area contributed by atoms with E-state index in [0.717, 1.165) is 0 Å². The number of nitrogens with zero attached hydrogens (tertiary/aromatic N) is 2. The van der Waals surface area contributed by atoms with Crippen molar-refractivity contribution in [1.29, 1.82) is 0 Å². The Morgan fingerprint density at radius 2 is 1.29 bits per heavy atom. The van der Waals surface area contributed by atoms with E-state index in [-0.39, 0.29) is 16.0 Å². The van der Waals surface area contributed by atoms with Crippen LogP contribution in [0, 0.1) is 6.92 Å². The first-order valence-corrected chi connectivity index (χ1v) is 12.4. The molecule has 0 aromatic heterocycles. The highest BCUT2D eigenvalue weighted by Crippen LogP contribution is 2.34. The third-order valence-corrected chi connectivity index (χ3v) is 8.72. The van der Waals surface area contributed by atoms with Crippen LogP contribution in [0.2, 0.25) is 10.0 Å². The van der Waals surface area contributed by atoms with Gasteiger partial charge in [0, 0.05) is 31.2 Å². The van der Waals surface area contributed by atoms with E-state index in [4.69, 9.17) is 23.2 Å². The van der Waals surface area contributed by atoms with Crippen LogP contribution in [0.25, 0.3) is 0 Å². The summed E-state index contributed by atoms with van der Waals surface area (Å²) in [6, 6.07) is 23.8. The third-order valence-electron chi connectivity index (χ3n) is 5.77. The van der Waals surface area contributed by atoms with Gasteiger partial charge < -0.3 is 0 Å². The van der Waals surface area contributed by atoms with Gasteiger partial charge in [0.25, 0.3) is 0 Å². The van der Waals surface area contributed by atoms with Gasteiger partial charge in [0.15, 0.2) is 0 Å². The van der Waals surface area contributed by atoms with Gasteiger partial charge in [-0.2, -0.15) is 4.31 Å². The van der Waals surface area contributed by atoms with Crippen LogP contribution in [-0.4, -0.2) is 43.8 Å². The van der Waals surface area contributed by atoms with Gasteiger partial charge in [-0.05, 0) is 35.7 Å². The molecule has 1 heterocycles. The van der Waals surface area contributed by atoms with E-state index in [9.17, 15) is 8.42 Å². The molecule has 1 aliphatic heterocycles. The zero-order chi connectivity index (χ0) is 22.0. The maximum absolute atomic E-state index is 13.3. The lowest BCUT2D eigenvalue weighted by Gasteiger charge is -2.39. The molecule has 1 saturated heterocycles. The lowest BCUT2D eigenvalue weighted by molar-refractivity contribution is 0.156. The van der Waals surface area contributed by atoms with E-state index in [1.54, 1.807) is 13.0 Å². The van der Waals surface area contributed by atoms with E-state index in [2.05, 4.69) is 29.2 Å². The smallest absolute Gasteiger partial charge is 0.244 e. The quantitative estimate of drug-likeness (QED) is 0.496. The van der Waals surface area contributed by atoms with E-state index in [0.29, 0.717) is 36.8 Å². The number of piperazine rings is 1. The topological polar surface area (TPSA) is 40.6 Å². The summed E-state index contributed by atoms with van der Waals surface area (Å²) in [5.74, 6) is 0. The minimum atomic E-state index is -3.69. The molecule has 4 rings (SSSR count). The lowest BCUT2D eigenvalue weighted by Crippen LogP contribution is -2.49. The Kier molecular flexibility index (Phi) is 6.70. The zero-order valence-corrected chi connectivity index (χ0v) is 19.5. The molecule has 3 aromatic rings. The Bertz CT molecular complexity index is 1110. The second-order valence-corrected chi connectivity index (χ2v) is 10.3.